The number of hydrogen-bond acceptors (Lipinski definition) is 5. The van der Waals surface area contributed by atoms with Gasteiger partial charge in [-0.05, 0) is 67.8 Å². The lowest BCUT2D eigenvalue weighted by Gasteiger charge is -2.41. The summed E-state index contributed by atoms with van der Waals surface area (Å²) in [5.41, 5.74) is 2.99. The lowest BCUT2D eigenvalue weighted by Crippen LogP contribution is -2.49. The maximum atomic E-state index is 13.8. The summed E-state index contributed by atoms with van der Waals surface area (Å²) in [7, 11) is -3.92. The van der Waals surface area contributed by atoms with Crippen molar-refractivity contribution in [2.24, 2.45) is 5.92 Å². The maximum absolute atomic E-state index is 13.8. The van der Waals surface area contributed by atoms with Crippen LogP contribution in [0.4, 0.5) is 0 Å². The van der Waals surface area contributed by atoms with Gasteiger partial charge in [0.1, 0.15) is 5.75 Å². The van der Waals surface area contributed by atoms with Gasteiger partial charge in [0.2, 0.25) is 10.0 Å². The highest BCUT2D eigenvalue weighted by atomic mass is 32.2. The Labute approximate surface area is 223 Å². The Bertz CT molecular complexity index is 1280. The van der Waals surface area contributed by atoms with Gasteiger partial charge in [0.25, 0.3) is 0 Å². The number of carboxylic acids is 1. The lowest BCUT2D eigenvalue weighted by atomic mass is 9.90. The number of carboxylic acid groups (broad SMARTS) is 1. The number of rotatable bonds is 10. The molecule has 0 spiro atoms. The van der Waals surface area contributed by atoms with Gasteiger partial charge in [0.15, 0.2) is 0 Å². The van der Waals surface area contributed by atoms with Crippen LogP contribution in [0.15, 0.2) is 83.8 Å². The number of carbonyl (C=O) groups is 1. The van der Waals surface area contributed by atoms with E-state index in [0.29, 0.717) is 18.8 Å². The topological polar surface area (TPSA) is 83.9 Å². The van der Waals surface area contributed by atoms with E-state index >= 15 is 0 Å². The Morgan fingerprint density at radius 1 is 1.03 bits per heavy atom. The molecule has 3 aromatic carbocycles. The Balaban J connectivity index is 1.64. The van der Waals surface area contributed by atoms with Crippen molar-refractivity contribution >= 4 is 27.8 Å². The predicted octanol–water partition coefficient (Wildman–Crippen LogP) is 5.57. The summed E-state index contributed by atoms with van der Waals surface area (Å²) in [5, 5.41) is 9.90. The Morgan fingerprint density at radius 2 is 1.70 bits per heavy atom. The number of thioether (sulfide) groups is 1. The van der Waals surface area contributed by atoms with Crippen molar-refractivity contribution in [2.45, 2.75) is 42.9 Å². The first-order valence-electron chi connectivity index (χ1n) is 12.5. The zero-order valence-corrected chi connectivity index (χ0v) is 22.8. The maximum Gasteiger partial charge on any atom is 0.308 e. The molecule has 1 aliphatic heterocycles. The molecule has 3 aromatic rings. The minimum Gasteiger partial charge on any atom is -0.494 e. The largest absolute Gasteiger partial charge is 0.494 e. The number of piperidine rings is 1. The fourth-order valence-electron chi connectivity index (χ4n) is 4.70. The average molecular weight is 540 g/mol. The molecule has 0 bridgehead atoms. The molecular formula is C29H33NO5S2. The van der Waals surface area contributed by atoms with E-state index in [2.05, 4.69) is 12.1 Å². The molecule has 4 rings (SSSR count). The Kier molecular flexibility index (Phi) is 8.95. The second kappa shape index (κ2) is 12.2. The number of aliphatic carboxylic acids is 1. The molecule has 0 aliphatic carbocycles. The Morgan fingerprint density at radius 3 is 2.32 bits per heavy atom. The molecule has 8 heteroatoms. The quantitative estimate of drug-likeness (QED) is 0.362. The molecule has 0 unspecified atom stereocenters. The molecule has 1 aliphatic rings. The summed E-state index contributed by atoms with van der Waals surface area (Å²) in [6.45, 7) is 4.27. The number of hydrogen-bond donors (Lipinski definition) is 1. The van der Waals surface area contributed by atoms with E-state index in [-0.39, 0.29) is 16.7 Å². The van der Waals surface area contributed by atoms with Crippen molar-refractivity contribution in [1.29, 1.82) is 0 Å². The number of nitrogens with zero attached hydrogens (tertiary/aromatic N) is 1. The fraction of sp³-hybridized carbons (Fsp3) is 0.345. The van der Waals surface area contributed by atoms with Crippen LogP contribution in [0.5, 0.6) is 5.75 Å². The molecule has 1 fully saturated rings. The SMILES string of the molecule is CCOc1ccc([C@@H]2C[C@@H](SCCc3ccccc3)[C@H](C(=O)O)CN2S(=O)(=O)c2ccc(C)cc2)cc1. The van der Waals surface area contributed by atoms with Crippen LogP contribution in [0.25, 0.3) is 0 Å². The Hall–Kier alpha value is -2.81. The summed E-state index contributed by atoms with van der Waals surface area (Å²) in [6.07, 6.45) is 1.24. The van der Waals surface area contributed by atoms with Gasteiger partial charge in [0, 0.05) is 11.8 Å². The van der Waals surface area contributed by atoms with Crippen molar-refractivity contribution in [3.63, 3.8) is 0 Å². The highest BCUT2D eigenvalue weighted by molar-refractivity contribution is 7.99. The van der Waals surface area contributed by atoms with Crippen LogP contribution in [0, 0.1) is 12.8 Å². The van der Waals surface area contributed by atoms with E-state index in [9.17, 15) is 18.3 Å². The molecular weight excluding hydrogens is 506 g/mol. The standard InChI is InChI=1S/C29H33NO5S2/c1-3-35-24-13-11-23(12-14-24)27-19-28(36-18-17-22-7-5-4-6-8-22)26(29(31)32)20-30(27)37(33,34)25-15-9-21(2)10-16-25/h4-16,26-28H,3,17-20H2,1-2H3,(H,31,32)/t26-,27+,28-/m1/s1. The van der Waals surface area contributed by atoms with Crippen molar-refractivity contribution in [2.75, 3.05) is 18.9 Å². The van der Waals surface area contributed by atoms with Gasteiger partial charge in [-0.1, -0.05) is 60.2 Å². The van der Waals surface area contributed by atoms with E-state index < -0.39 is 28.0 Å². The van der Waals surface area contributed by atoms with Crippen molar-refractivity contribution < 1.29 is 23.1 Å². The third-order valence-corrected chi connectivity index (χ3v) is 9.99. The van der Waals surface area contributed by atoms with Crippen LogP contribution >= 0.6 is 11.8 Å². The molecule has 0 radical (unpaired) electrons. The summed E-state index contributed by atoms with van der Waals surface area (Å²) < 4.78 is 34.6. The van der Waals surface area contributed by atoms with Gasteiger partial charge in [-0.25, -0.2) is 8.42 Å². The van der Waals surface area contributed by atoms with E-state index in [1.165, 1.54) is 9.87 Å². The van der Waals surface area contributed by atoms with Crippen molar-refractivity contribution in [3.05, 3.63) is 95.6 Å². The van der Waals surface area contributed by atoms with Gasteiger partial charge < -0.3 is 9.84 Å². The van der Waals surface area contributed by atoms with Gasteiger partial charge in [-0.15, -0.1) is 0 Å². The number of aryl methyl sites for hydroxylation is 2. The molecule has 196 valence electrons. The molecule has 0 aromatic heterocycles. The average Bonchev–Trinajstić information content (AvgIpc) is 2.90. The van der Waals surface area contributed by atoms with Crippen LogP contribution in [0.2, 0.25) is 0 Å². The van der Waals surface area contributed by atoms with E-state index in [1.807, 2.05) is 56.3 Å². The summed E-state index contributed by atoms with van der Waals surface area (Å²) in [4.78, 5) is 12.5. The van der Waals surface area contributed by atoms with Crippen LogP contribution in [-0.2, 0) is 21.2 Å². The van der Waals surface area contributed by atoms with Crippen LogP contribution in [0.3, 0.4) is 0 Å². The summed E-state index contributed by atoms with van der Waals surface area (Å²) >= 11 is 1.62. The molecule has 6 nitrogen and oxygen atoms in total. The second-order valence-electron chi connectivity index (χ2n) is 9.23. The number of ether oxygens (including phenoxy) is 1. The molecule has 1 saturated heterocycles. The zero-order valence-electron chi connectivity index (χ0n) is 21.1. The van der Waals surface area contributed by atoms with Gasteiger partial charge in [-0.2, -0.15) is 16.1 Å². The molecule has 3 atom stereocenters. The van der Waals surface area contributed by atoms with Crippen LogP contribution < -0.4 is 4.74 Å². The van der Waals surface area contributed by atoms with Crippen molar-refractivity contribution in [1.82, 2.24) is 4.31 Å². The minimum absolute atomic E-state index is 0.0770. The number of benzene rings is 3. The van der Waals surface area contributed by atoms with Crippen LogP contribution in [0.1, 0.15) is 36.1 Å². The van der Waals surface area contributed by atoms with E-state index in [0.717, 1.165) is 23.3 Å². The highest BCUT2D eigenvalue weighted by Crippen LogP contribution is 2.42. The summed E-state index contributed by atoms with van der Waals surface area (Å²) in [5.74, 6) is -0.294. The predicted molar refractivity (Wildman–Crippen MR) is 148 cm³/mol. The molecule has 1 heterocycles. The zero-order chi connectivity index (χ0) is 26.4. The first-order chi connectivity index (χ1) is 17.8. The van der Waals surface area contributed by atoms with Gasteiger partial charge >= 0.3 is 5.97 Å². The summed E-state index contributed by atoms with van der Waals surface area (Å²) in [6, 6.07) is 23.8. The third kappa shape index (κ3) is 6.55. The normalized spacial score (nSPS) is 20.4. The fourth-order valence-corrected chi connectivity index (χ4v) is 7.76. The number of sulfonamides is 1. The molecule has 0 saturated carbocycles. The first kappa shape index (κ1) is 27.2. The molecule has 0 amide bonds. The minimum atomic E-state index is -3.92. The monoisotopic (exact) mass is 539 g/mol. The van der Waals surface area contributed by atoms with E-state index in [1.54, 1.807) is 36.0 Å². The van der Waals surface area contributed by atoms with Crippen molar-refractivity contribution in [3.8, 4) is 5.75 Å². The lowest BCUT2D eigenvalue weighted by molar-refractivity contribution is -0.143. The van der Waals surface area contributed by atoms with Gasteiger partial charge in [-0.3, -0.25) is 4.79 Å². The first-order valence-corrected chi connectivity index (χ1v) is 15.0. The smallest absolute Gasteiger partial charge is 0.308 e. The molecule has 1 N–H and O–H groups in total. The third-order valence-electron chi connectivity index (χ3n) is 6.71. The second-order valence-corrected chi connectivity index (χ2v) is 12.5. The van der Waals surface area contributed by atoms with Gasteiger partial charge in [0.05, 0.1) is 23.5 Å². The highest BCUT2D eigenvalue weighted by Gasteiger charge is 2.45. The van der Waals surface area contributed by atoms with E-state index in [4.69, 9.17) is 4.74 Å². The van der Waals surface area contributed by atoms with Crippen LogP contribution in [-0.4, -0.2) is 48.0 Å². The molecule has 37 heavy (non-hydrogen) atoms.